The Morgan fingerprint density at radius 3 is 2.13 bits per heavy atom. The lowest BCUT2D eigenvalue weighted by Gasteiger charge is -2.18. The van der Waals surface area contributed by atoms with E-state index in [2.05, 4.69) is 20.8 Å². The summed E-state index contributed by atoms with van der Waals surface area (Å²) in [5.41, 5.74) is 1.18. The van der Waals surface area contributed by atoms with Gasteiger partial charge in [-0.3, -0.25) is 4.79 Å². The molecule has 0 aromatic heterocycles. The van der Waals surface area contributed by atoms with Gasteiger partial charge in [-0.25, -0.2) is 0 Å². The maximum atomic E-state index is 11.3. The molecule has 0 aliphatic heterocycles. The van der Waals surface area contributed by atoms with E-state index < -0.39 is 0 Å². The molecule has 0 heterocycles. The van der Waals surface area contributed by atoms with Gasteiger partial charge in [0, 0.05) is 6.42 Å². The zero-order valence-corrected chi connectivity index (χ0v) is 10.9. The number of ether oxygens (including phenoxy) is 1. The van der Waals surface area contributed by atoms with Crippen LogP contribution in [0.25, 0.3) is 0 Å². The number of carbonyl (C=O) groups excluding carboxylic acids is 1. The number of hydrogen-bond acceptors (Lipinski definition) is 2. The zero-order valence-electron chi connectivity index (χ0n) is 10.9. The molecule has 0 aliphatic carbocycles. The van der Waals surface area contributed by atoms with Gasteiger partial charge in [0.2, 0.25) is 0 Å². The highest BCUT2D eigenvalue weighted by Gasteiger charge is 2.13. The number of esters is 1. The van der Waals surface area contributed by atoms with Crippen LogP contribution in [0.3, 0.4) is 0 Å². The van der Waals surface area contributed by atoms with Gasteiger partial charge in [-0.15, -0.1) is 0 Å². The molecule has 0 amide bonds. The summed E-state index contributed by atoms with van der Waals surface area (Å²) in [5.74, 6) is 1.68. The lowest BCUT2D eigenvalue weighted by Crippen LogP contribution is -2.10. The van der Waals surface area contributed by atoms with E-state index in [1.807, 2.05) is 20.8 Å². The molecular weight excluding hydrogens is 188 g/mol. The van der Waals surface area contributed by atoms with Crippen LogP contribution in [-0.4, -0.2) is 5.97 Å². The fourth-order valence-electron chi connectivity index (χ4n) is 1.33. The normalized spacial score (nSPS) is 14.9. The van der Waals surface area contributed by atoms with Crippen molar-refractivity contribution >= 4 is 5.97 Å². The highest BCUT2D eigenvalue weighted by atomic mass is 16.5. The van der Waals surface area contributed by atoms with Crippen LogP contribution in [0.1, 0.15) is 54.4 Å². The molecule has 88 valence electrons. The van der Waals surface area contributed by atoms with E-state index >= 15 is 0 Å². The third-order valence-corrected chi connectivity index (χ3v) is 2.96. The molecule has 0 saturated carbocycles. The van der Waals surface area contributed by atoms with Crippen LogP contribution in [0.15, 0.2) is 11.3 Å². The largest absolute Gasteiger partial charge is 0.431 e. The van der Waals surface area contributed by atoms with Crippen molar-refractivity contribution in [2.75, 3.05) is 0 Å². The topological polar surface area (TPSA) is 26.3 Å². The van der Waals surface area contributed by atoms with Crippen molar-refractivity contribution in [2.24, 2.45) is 11.8 Å². The van der Waals surface area contributed by atoms with E-state index in [1.54, 1.807) is 0 Å². The van der Waals surface area contributed by atoms with Gasteiger partial charge >= 0.3 is 5.97 Å². The Kier molecular flexibility index (Phi) is 6.30. The molecule has 1 atom stereocenters. The summed E-state index contributed by atoms with van der Waals surface area (Å²) in [6, 6.07) is 0. The molecule has 1 unspecified atom stereocenters. The Hall–Kier alpha value is -0.790. The third-order valence-electron chi connectivity index (χ3n) is 2.96. The minimum Gasteiger partial charge on any atom is -0.431 e. The van der Waals surface area contributed by atoms with Gasteiger partial charge in [-0.2, -0.15) is 0 Å². The first-order valence-corrected chi connectivity index (χ1v) is 5.78. The predicted octanol–water partition coefficient (Wildman–Crippen LogP) is 3.92. The summed E-state index contributed by atoms with van der Waals surface area (Å²) in [7, 11) is 0. The van der Waals surface area contributed by atoms with Crippen LogP contribution in [-0.2, 0) is 9.53 Å². The lowest BCUT2D eigenvalue weighted by molar-refractivity contribution is -0.139. The summed E-state index contributed by atoms with van der Waals surface area (Å²) < 4.78 is 5.26. The third kappa shape index (κ3) is 5.01. The van der Waals surface area contributed by atoms with Crippen molar-refractivity contribution in [3.05, 3.63) is 11.3 Å². The molecule has 0 aromatic carbocycles. The van der Waals surface area contributed by atoms with Crippen LogP contribution in [0.5, 0.6) is 0 Å². The molecule has 0 spiro atoms. The van der Waals surface area contributed by atoms with E-state index in [0.717, 1.165) is 12.2 Å². The lowest BCUT2D eigenvalue weighted by atomic mass is 9.90. The Balaban J connectivity index is 4.44. The van der Waals surface area contributed by atoms with Crippen molar-refractivity contribution in [1.82, 2.24) is 0 Å². The van der Waals surface area contributed by atoms with Gasteiger partial charge in [0.05, 0.1) is 0 Å². The van der Waals surface area contributed by atoms with Gasteiger partial charge in [0.15, 0.2) is 0 Å². The van der Waals surface area contributed by atoms with E-state index in [1.165, 1.54) is 5.57 Å². The summed E-state index contributed by atoms with van der Waals surface area (Å²) in [6.45, 7) is 12.4. The van der Waals surface area contributed by atoms with Crippen LogP contribution in [0.2, 0.25) is 0 Å². The van der Waals surface area contributed by atoms with Crippen LogP contribution in [0.4, 0.5) is 0 Å². The average molecular weight is 212 g/mol. The first kappa shape index (κ1) is 14.2. The second-order valence-electron chi connectivity index (χ2n) is 4.50. The minimum atomic E-state index is -0.120. The number of carbonyl (C=O) groups is 1. The molecular formula is C13H24O2. The van der Waals surface area contributed by atoms with Crippen molar-refractivity contribution in [3.8, 4) is 0 Å². The van der Waals surface area contributed by atoms with Crippen LogP contribution in [0, 0.1) is 11.8 Å². The average Bonchev–Trinajstić information content (AvgIpc) is 2.15. The van der Waals surface area contributed by atoms with Gasteiger partial charge in [0.25, 0.3) is 0 Å². The zero-order chi connectivity index (χ0) is 12.0. The van der Waals surface area contributed by atoms with Crippen LogP contribution < -0.4 is 0 Å². The molecule has 0 N–H and O–H groups in total. The molecule has 0 radical (unpaired) electrons. The second kappa shape index (κ2) is 6.65. The molecule has 0 rings (SSSR count). The standard InChI is InChI=1S/C13H24O2/c1-7-8-13(14)15-12(6)11(5)10(4)9(2)3/h9-10H,7-8H2,1-6H3/b12-11+. The maximum absolute atomic E-state index is 11.3. The van der Waals surface area contributed by atoms with Crippen molar-refractivity contribution in [3.63, 3.8) is 0 Å². The first-order chi connectivity index (χ1) is 6.90. The van der Waals surface area contributed by atoms with Gasteiger partial charge in [0.1, 0.15) is 5.76 Å². The van der Waals surface area contributed by atoms with Crippen molar-refractivity contribution in [1.29, 1.82) is 0 Å². The fraction of sp³-hybridized carbons (Fsp3) is 0.769. The SMILES string of the molecule is CCCC(=O)O/C(C)=C(\C)C(C)C(C)C. The molecule has 0 saturated heterocycles. The van der Waals surface area contributed by atoms with E-state index in [-0.39, 0.29) is 5.97 Å². The number of allylic oxidation sites excluding steroid dienone is 2. The number of rotatable bonds is 5. The Morgan fingerprint density at radius 2 is 1.73 bits per heavy atom. The summed E-state index contributed by atoms with van der Waals surface area (Å²) in [4.78, 5) is 11.3. The Bertz CT molecular complexity index is 239. The first-order valence-electron chi connectivity index (χ1n) is 5.78. The number of hydrogen-bond donors (Lipinski definition) is 0. The molecule has 15 heavy (non-hydrogen) atoms. The molecule has 0 aliphatic rings. The van der Waals surface area contributed by atoms with Gasteiger partial charge < -0.3 is 4.74 Å². The molecule has 0 fully saturated rings. The molecule has 2 heteroatoms. The van der Waals surface area contributed by atoms with Crippen LogP contribution >= 0.6 is 0 Å². The van der Waals surface area contributed by atoms with E-state index in [9.17, 15) is 4.79 Å². The van der Waals surface area contributed by atoms with Crippen molar-refractivity contribution in [2.45, 2.75) is 54.4 Å². The quantitative estimate of drug-likeness (QED) is 0.510. The smallest absolute Gasteiger partial charge is 0.310 e. The fourth-order valence-corrected chi connectivity index (χ4v) is 1.33. The monoisotopic (exact) mass is 212 g/mol. The van der Waals surface area contributed by atoms with Gasteiger partial charge in [-0.1, -0.05) is 27.7 Å². The van der Waals surface area contributed by atoms with Gasteiger partial charge in [-0.05, 0) is 37.7 Å². The predicted molar refractivity (Wildman–Crippen MR) is 63.4 cm³/mol. The maximum Gasteiger partial charge on any atom is 0.310 e. The molecule has 0 bridgehead atoms. The Labute approximate surface area is 93.7 Å². The summed E-state index contributed by atoms with van der Waals surface area (Å²) in [5, 5.41) is 0. The highest BCUT2D eigenvalue weighted by molar-refractivity contribution is 5.70. The second-order valence-corrected chi connectivity index (χ2v) is 4.50. The van der Waals surface area contributed by atoms with Crippen molar-refractivity contribution < 1.29 is 9.53 Å². The molecule has 0 aromatic rings. The van der Waals surface area contributed by atoms with E-state index in [4.69, 9.17) is 4.74 Å². The van der Waals surface area contributed by atoms with E-state index in [0.29, 0.717) is 18.3 Å². The minimum absolute atomic E-state index is 0.120. The Morgan fingerprint density at radius 1 is 1.20 bits per heavy atom. The highest BCUT2D eigenvalue weighted by Crippen LogP contribution is 2.22. The molecule has 2 nitrogen and oxygen atoms in total. The summed E-state index contributed by atoms with van der Waals surface area (Å²) in [6.07, 6.45) is 1.34. The summed E-state index contributed by atoms with van der Waals surface area (Å²) >= 11 is 0.